The maximum atomic E-state index is 12.8. The van der Waals surface area contributed by atoms with E-state index in [2.05, 4.69) is 5.32 Å². The van der Waals surface area contributed by atoms with Gasteiger partial charge >= 0.3 is 5.97 Å². The Balaban J connectivity index is 1.63. The average molecular weight is 384 g/mol. The molecule has 0 saturated heterocycles. The van der Waals surface area contributed by atoms with Crippen molar-refractivity contribution in [2.45, 2.75) is 52.1 Å². The highest BCUT2D eigenvalue weighted by atomic mass is 16.5. The van der Waals surface area contributed by atoms with Crippen molar-refractivity contribution in [3.8, 4) is 0 Å². The SMILES string of the molecule is CC(C)OCCCNC(=O)COC(=O)c1c2c(nc3ccccc13)CCCC2. The van der Waals surface area contributed by atoms with Crippen molar-refractivity contribution >= 4 is 22.8 Å². The number of benzene rings is 1. The molecule has 0 fully saturated rings. The van der Waals surface area contributed by atoms with E-state index in [0.29, 0.717) is 18.7 Å². The first-order valence-corrected chi connectivity index (χ1v) is 10.0. The van der Waals surface area contributed by atoms with Crippen LogP contribution < -0.4 is 5.32 Å². The normalized spacial score (nSPS) is 13.4. The molecule has 150 valence electrons. The number of rotatable bonds is 8. The van der Waals surface area contributed by atoms with Gasteiger partial charge in [-0.25, -0.2) is 4.79 Å². The molecule has 0 aliphatic heterocycles. The second-order valence-electron chi connectivity index (χ2n) is 7.34. The van der Waals surface area contributed by atoms with Crippen LogP contribution in [0.4, 0.5) is 0 Å². The average Bonchev–Trinajstić information content (AvgIpc) is 2.69. The first-order valence-electron chi connectivity index (χ1n) is 10.0. The largest absolute Gasteiger partial charge is 0.452 e. The summed E-state index contributed by atoms with van der Waals surface area (Å²) in [6.45, 7) is 4.75. The van der Waals surface area contributed by atoms with Crippen molar-refractivity contribution in [3.63, 3.8) is 0 Å². The van der Waals surface area contributed by atoms with Gasteiger partial charge in [0.2, 0.25) is 0 Å². The van der Waals surface area contributed by atoms with Crippen LogP contribution in [0.25, 0.3) is 10.9 Å². The van der Waals surface area contributed by atoms with Crippen molar-refractivity contribution in [1.29, 1.82) is 0 Å². The Hall–Kier alpha value is -2.47. The van der Waals surface area contributed by atoms with E-state index in [9.17, 15) is 9.59 Å². The number of nitrogens with zero attached hydrogens (tertiary/aromatic N) is 1. The van der Waals surface area contributed by atoms with E-state index in [1.54, 1.807) is 0 Å². The van der Waals surface area contributed by atoms with Crippen LogP contribution in [-0.2, 0) is 27.1 Å². The minimum atomic E-state index is -0.449. The zero-order valence-corrected chi connectivity index (χ0v) is 16.6. The molecule has 0 radical (unpaired) electrons. The molecule has 2 aromatic rings. The van der Waals surface area contributed by atoms with E-state index < -0.39 is 5.97 Å². The van der Waals surface area contributed by atoms with Crippen LogP contribution in [-0.4, -0.2) is 42.7 Å². The Morgan fingerprint density at radius 2 is 1.96 bits per heavy atom. The smallest absolute Gasteiger partial charge is 0.339 e. The zero-order valence-electron chi connectivity index (χ0n) is 16.6. The topological polar surface area (TPSA) is 77.5 Å². The van der Waals surface area contributed by atoms with Crippen LogP contribution in [0, 0.1) is 0 Å². The number of amides is 1. The number of pyridine rings is 1. The molecule has 0 atom stereocenters. The maximum absolute atomic E-state index is 12.8. The van der Waals surface area contributed by atoms with Gasteiger partial charge in [-0.1, -0.05) is 18.2 Å². The molecule has 0 saturated carbocycles. The van der Waals surface area contributed by atoms with Crippen LogP contribution in [0.15, 0.2) is 24.3 Å². The zero-order chi connectivity index (χ0) is 19.9. The summed E-state index contributed by atoms with van der Waals surface area (Å²) < 4.78 is 10.8. The van der Waals surface area contributed by atoms with Gasteiger partial charge in [-0.3, -0.25) is 9.78 Å². The van der Waals surface area contributed by atoms with Crippen molar-refractivity contribution in [2.24, 2.45) is 0 Å². The summed E-state index contributed by atoms with van der Waals surface area (Å²) >= 11 is 0. The fraction of sp³-hybridized carbons (Fsp3) is 0.500. The number of aromatic nitrogens is 1. The summed E-state index contributed by atoms with van der Waals surface area (Å²) in [7, 11) is 0. The number of carbonyl (C=O) groups excluding carboxylic acids is 2. The fourth-order valence-electron chi connectivity index (χ4n) is 3.48. The van der Waals surface area contributed by atoms with Crippen molar-refractivity contribution in [3.05, 3.63) is 41.1 Å². The lowest BCUT2D eigenvalue weighted by atomic mass is 9.90. The van der Waals surface area contributed by atoms with Gasteiger partial charge in [-0.15, -0.1) is 0 Å². The summed E-state index contributed by atoms with van der Waals surface area (Å²) in [4.78, 5) is 29.5. The van der Waals surface area contributed by atoms with Crippen molar-refractivity contribution < 1.29 is 19.1 Å². The Morgan fingerprint density at radius 1 is 1.18 bits per heavy atom. The van der Waals surface area contributed by atoms with E-state index in [1.165, 1.54) is 0 Å². The van der Waals surface area contributed by atoms with E-state index in [-0.39, 0.29) is 18.6 Å². The summed E-state index contributed by atoms with van der Waals surface area (Å²) in [6.07, 6.45) is 4.71. The second-order valence-corrected chi connectivity index (χ2v) is 7.34. The lowest BCUT2D eigenvalue weighted by molar-refractivity contribution is -0.124. The third-order valence-corrected chi connectivity index (χ3v) is 4.80. The molecule has 0 unspecified atom stereocenters. The minimum absolute atomic E-state index is 0.178. The highest BCUT2D eigenvalue weighted by Crippen LogP contribution is 2.29. The molecule has 1 heterocycles. The number of hydrogen-bond acceptors (Lipinski definition) is 5. The van der Waals surface area contributed by atoms with E-state index in [0.717, 1.165) is 54.3 Å². The summed E-state index contributed by atoms with van der Waals surface area (Å²) in [5.41, 5.74) is 3.32. The monoisotopic (exact) mass is 384 g/mol. The maximum Gasteiger partial charge on any atom is 0.339 e. The first kappa shape index (κ1) is 20.3. The van der Waals surface area contributed by atoms with Crippen molar-refractivity contribution in [1.82, 2.24) is 10.3 Å². The molecule has 3 rings (SSSR count). The predicted molar refractivity (Wildman–Crippen MR) is 107 cm³/mol. The molecule has 1 aliphatic rings. The summed E-state index contributed by atoms with van der Waals surface area (Å²) in [5, 5.41) is 3.55. The second kappa shape index (κ2) is 9.64. The molecule has 0 bridgehead atoms. The van der Waals surface area contributed by atoms with Crippen LogP contribution in [0.1, 0.15) is 54.7 Å². The Bertz CT molecular complexity index is 848. The van der Waals surface area contributed by atoms with Gasteiger partial charge < -0.3 is 14.8 Å². The standard InChI is InChI=1S/C22H28N2O4/c1-15(2)27-13-7-12-23-20(25)14-28-22(26)21-16-8-3-5-10-18(16)24-19-11-6-4-9-17(19)21/h3,5,8,10,15H,4,6-7,9,11-14H2,1-2H3,(H,23,25). The molecule has 28 heavy (non-hydrogen) atoms. The molecule has 6 nitrogen and oxygen atoms in total. The Morgan fingerprint density at radius 3 is 2.79 bits per heavy atom. The Kier molecular flexibility index (Phi) is 6.98. The first-order chi connectivity index (χ1) is 13.6. The number of nitrogens with one attached hydrogen (secondary N) is 1. The van der Waals surface area contributed by atoms with Crippen LogP contribution in [0.3, 0.4) is 0 Å². The number of aryl methyl sites for hydroxylation is 1. The van der Waals surface area contributed by atoms with Crippen LogP contribution in [0.5, 0.6) is 0 Å². The summed E-state index contributed by atoms with van der Waals surface area (Å²) in [5.74, 6) is -0.750. The lowest BCUT2D eigenvalue weighted by Gasteiger charge is -2.19. The van der Waals surface area contributed by atoms with Gasteiger partial charge in [0.1, 0.15) is 0 Å². The molecule has 1 aliphatic carbocycles. The number of carbonyl (C=O) groups is 2. The quantitative estimate of drug-likeness (QED) is 0.559. The van der Waals surface area contributed by atoms with Gasteiger partial charge in [0.15, 0.2) is 6.61 Å². The molecular weight excluding hydrogens is 356 g/mol. The molecule has 1 N–H and O–H groups in total. The number of para-hydroxylation sites is 1. The van der Waals surface area contributed by atoms with Crippen LogP contribution >= 0.6 is 0 Å². The van der Waals surface area contributed by atoms with Gasteiger partial charge in [0, 0.05) is 24.2 Å². The van der Waals surface area contributed by atoms with E-state index in [4.69, 9.17) is 14.5 Å². The number of hydrogen-bond donors (Lipinski definition) is 1. The van der Waals surface area contributed by atoms with Crippen molar-refractivity contribution in [2.75, 3.05) is 19.8 Å². The summed E-state index contributed by atoms with van der Waals surface area (Å²) in [6, 6.07) is 7.60. The van der Waals surface area contributed by atoms with Gasteiger partial charge in [0.25, 0.3) is 5.91 Å². The van der Waals surface area contributed by atoms with E-state index in [1.807, 2.05) is 38.1 Å². The molecule has 1 aromatic carbocycles. The molecule has 1 amide bonds. The molecule has 0 spiro atoms. The van der Waals surface area contributed by atoms with Gasteiger partial charge in [-0.2, -0.15) is 0 Å². The van der Waals surface area contributed by atoms with Gasteiger partial charge in [-0.05, 0) is 57.6 Å². The minimum Gasteiger partial charge on any atom is -0.452 e. The molecular formula is C22H28N2O4. The molecule has 1 aromatic heterocycles. The highest BCUT2D eigenvalue weighted by molar-refractivity contribution is 6.05. The number of ether oxygens (including phenoxy) is 2. The van der Waals surface area contributed by atoms with Crippen LogP contribution in [0.2, 0.25) is 0 Å². The number of fused-ring (bicyclic) bond motifs is 2. The Labute approximate surface area is 165 Å². The molecule has 6 heteroatoms. The number of esters is 1. The fourth-order valence-corrected chi connectivity index (χ4v) is 3.48. The van der Waals surface area contributed by atoms with Gasteiger partial charge in [0.05, 0.1) is 17.2 Å². The highest BCUT2D eigenvalue weighted by Gasteiger charge is 2.23. The predicted octanol–water partition coefficient (Wildman–Crippen LogP) is 3.20. The third kappa shape index (κ3) is 5.07. The van der Waals surface area contributed by atoms with E-state index >= 15 is 0 Å². The third-order valence-electron chi connectivity index (χ3n) is 4.80. The lowest BCUT2D eigenvalue weighted by Crippen LogP contribution is -2.30.